The fourth-order valence-corrected chi connectivity index (χ4v) is 5.24. The van der Waals surface area contributed by atoms with Gasteiger partial charge >= 0.3 is 0 Å². The van der Waals surface area contributed by atoms with Crippen LogP contribution in [0.1, 0.15) is 0 Å². The van der Waals surface area contributed by atoms with Crippen molar-refractivity contribution in [3.05, 3.63) is 60.7 Å². The summed E-state index contributed by atoms with van der Waals surface area (Å²) in [5, 5.41) is 0. The molecular formula is C15H18P2. The van der Waals surface area contributed by atoms with E-state index in [0.29, 0.717) is 0 Å². The maximum absolute atomic E-state index is 2.12. The second kappa shape index (κ2) is 7.59. The van der Waals surface area contributed by atoms with Crippen molar-refractivity contribution in [1.82, 2.24) is 0 Å². The van der Waals surface area contributed by atoms with Gasteiger partial charge in [0.15, 0.2) is 0 Å². The van der Waals surface area contributed by atoms with Crippen LogP contribution in [0.15, 0.2) is 60.7 Å². The van der Waals surface area contributed by atoms with Crippen LogP contribution in [-0.2, 0) is 0 Å². The van der Waals surface area contributed by atoms with Crippen LogP contribution in [-0.4, -0.2) is 18.2 Å². The van der Waals surface area contributed by atoms with Crippen LogP contribution in [0.5, 0.6) is 0 Å². The predicted octanol–water partition coefficient (Wildman–Crippen LogP) is 4.67. The molecule has 2 unspecified atom stereocenters. The molecule has 88 valence electrons. The molecule has 0 saturated carbocycles. The average Bonchev–Trinajstić information content (AvgIpc) is 3.00. The summed E-state index contributed by atoms with van der Waals surface area (Å²) < 4.78 is 0. The summed E-state index contributed by atoms with van der Waals surface area (Å²) in [4.78, 5) is 0. The van der Waals surface area contributed by atoms with E-state index in [1.807, 2.05) is 12.1 Å². The lowest BCUT2D eigenvalue weighted by Gasteiger charge is -1.98. The third-order valence-corrected chi connectivity index (χ3v) is 6.32. The van der Waals surface area contributed by atoms with E-state index >= 15 is 0 Å². The van der Waals surface area contributed by atoms with Gasteiger partial charge in [-0.25, -0.2) is 0 Å². The average molecular weight is 260 g/mol. The van der Waals surface area contributed by atoms with Gasteiger partial charge in [-0.15, -0.1) is 17.2 Å². The first-order chi connectivity index (χ1) is 8.47. The van der Waals surface area contributed by atoms with Gasteiger partial charge in [-0.1, -0.05) is 60.7 Å². The van der Waals surface area contributed by atoms with E-state index in [0.717, 1.165) is 0 Å². The smallest absolute Gasteiger partial charge is 0.0175 e. The fourth-order valence-electron chi connectivity index (χ4n) is 1.70. The Kier molecular flexibility index (Phi) is 5.69. The van der Waals surface area contributed by atoms with E-state index in [9.17, 15) is 0 Å². The second-order valence-corrected chi connectivity index (χ2v) is 7.32. The molecule has 1 saturated heterocycles. The summed E-state index contributed by atoms with van der Waals surface area (Å²) in [5.74, 6) is 1.56. The molecule has 3 rings (SSSR count). The molecule has 2 atom stereocenters. The van der Waals surface area contributed by atoms with Gasteiger partial charge in [0.1, 0.15) is 0 Å². The lowest BCUT2D eigenvalue weighted by molar-refractivity contribution is 1.57. The Hall–Kier alpha value is -0.700. The lowest BCUT2D eigenvalue weighted by atomic mass is 10.1. The van der Waals surface area contributed by atoms with Gasteiger partial charge in [0.05, 0.1) is 0 Å². The van der Waals surface area contributed by atoms with Crippen LogP contribution < -0.4 is 0 Å². The van der Waals surface area contributed by atoms with E-state index in [4.69, 9.17) is 0 Å². The van der Waals surface area contributed by atoms with Gasteiger partial charge in [-0.3, -0.25) is 0 Å². The van der Waals surface area contributed by atoms with Crippen molar-refractivity contribution in [1.29, 1.82) is 0 Å². The standard InChI is InChI=1S/C12H10.C3H8P2/c1-3-7-11(8-4-1)12-9-5-2-6-10-12;1-2-5-3-4-1/h1-10H;4-5H,1-3H2. The molecule has 0 aliphatic carbocycles. The van der Waals surface area contributed by atoms with Crippen molar-refractivity contribution >= 4 is 17.2 Å². The predicted molar refractivity (Wildman–Crippen MR) is 83.1 cm³/mol. The van der Waals surface area contributed by atoms with Gasteiger partial charge in [0.25, 0.3) is 0 Å². The maximum atomic E-state index is 2.12. The first-order valence-corrected chi connectivity index (χ1v) is 8.81. The zero-order valence-corrected chi connectivity index (χ0v) is 11.9. The Morgan fingerprint density at radius 2 is 1.00 bits per heavy atom. The van der Waals surface area contributed by atoms with Gasteiger partial charge in [-0.2, -0.15) is 0 Å². The minimum Gasteiger partial charge on any atom is -0.118 e. The van der Waals surface area contributed by atoms with E-state index < -0.39 is 0 Å². The van der Waals surface area contributed by atoms with Crippen LogP contribution in [0, 0.1) is 0 Å². The molecule has 0 N–H and O–H groups in total. The second-order valence-electron chi connectivity index (χ2n) is 3.91. The molecule has 1 aliphatic rings. The lowest BCUT2D eigenvalue weighted by Crippen LogP contribution is -1.73. The van der Waals surface area contributed by atoms with Gasteiger partial charge in [0, 0.05) is 0 Å². The molecule has 0 amide bonds. The van der Waals surface area contributed by atoms with Crippen molar-refractivity contribution in [2.75, 3.05) is 18.2 Å². The van der Waals surface area contributed by atoms with Crippen LogP contribution in [0.4, 0.5) is 0 Å². The third-order valence-electron chi connectivity index (χ3n) is 2.61. The summed E-state index contributed by atoms with van der Waals surface area (Å²) in [6.07, 6.45) is 3.08. The molecule has 0 spiro atoms. The SMILES string of the molecule is C1CPCP1.c1ccc(-c2ccccc2)cc1. The van der Waals surface area contributed by atoms with Gasteiger partial charge in [-0.05, 0) is 29.4 Å². The van der Waals surface area contributed by atoms with Crippen molar-refractivity contribution < 1.29 is 0 Å². The minimum absolute atomic E-state index is 1.28. The summed E-state index contributed by atoms with van der Waals surface area (Å²) in [6, 6.07) is 20.8. The van der Waals surface area contributed by atoms with Crippen LogP contribution >= 0.6 is 17.2 Å². The highest BCUT2D eigenvalue weighted by Gasteiger charge is 1.94. The molecule has 1 heterocycles. The van der Waals surface area contributed by atoms with Gasteiger partial charge < -0.3 is 0 Å². The van der Waals surface area contributed by atoms with Crippen molar-refractivity contribution in [3.8, 4) is 11.1 Å². The van der Waals surface area contributed by atoms with Crippen molar-refractivity contribution in [2.24, 2.45) is 0 Å². The number of hydrogen-bond donors (Lipinski definition) is 0. The van der Waals surface area contributed by atoms with Gasteiger partial charge in [0.2, 0.25) is 0 Å². The first kappa shape index (κ1) is 12.7. The summed E-state index contributed by atoms with van der Waals surface area (Å²) >= 11 is 0. The topological polar surface area (TPSA) is 0 Å². The van der Waals surface area contributed by atoms with Crippen molar-refractivity contribution in [2.45, 2.75) is 0 Å². The van der Waals surface area contributed by atoms with E-state index in [1.165, 1.54) is 28.3 Å². The molecule has 2 aromatic rings. The highest BCUT2D eigenvalue weighted by molar-refractivity contribution is 7.60. The Morgan fingerprint density at radius 3 is 1.29 bits per heavy atom. The van der Waals surface area contributed by atoms with Crippen molar-refractivity contribution in [3.63, 3.8) is 0 Å². The van der Waals surface area contributed by atoms with Crippen LogP contribution in [0.3, 0.4) is 0 Å². The first-order valence-electron chi connectivity index (χ1n) is 5.99. The summed E-state index contributed by atoms with van der Waals surface area (Å²) in [5.41, 5.74) is 2.55. The summed E-state index contributed by atoms with van der Waals surface area (Å²) in [6.45, 7) is 0. The van der Waals surface area contributed by atoms with Crippen LogP contribution in [0.2, 0.25) is 0 Å². The Morgan fingerprint density at radius 1 is 0.588 bits per heavy atom. The monoisotopic (exact) mass is 260 g/mol. The Bertz CT molecular complexity index is 362. The normalized spacial score (nSPS) is 16.7. The molecule has 0 aromatic heterocycles. The third kappa shape index (κ3) is 4.58. The zero-order chi connectivity index (χ0) is 11.8. The number of rotatable bonds is 1. The highest BCUT2D eigenvalue weighted by atomic mass is 31.1. The molecule has 2 heteroatoms. The Labute approximate surface area is 107 Å². The van der Waals surface area contributed by atoms with E-state index in [1.54, 1.807) is 18.2 Å². The molecule has 0 nitrogen and oxygen atoms in total. The van der Waals surface area contributed by atoms with Crippen LogP contribution in [0.25, 0.3) is 11.1 Å². The zero-order valence-electron chi connectivity index (χ0n) is 9.89. The van der Waals surface area contributed by atoms with E-state index in [2.05, 4.69) is 48.5 Å². The van der Waals surface area contributed by atoms with E-state index in [-0.39, 0.29) is 0 Å². The highest BCUT2D eigenvalue weighted by Crippen LogP contribution is 2.32. The largest absolute Gasteiger partial charge is 0.118 e. The Balaban J connectivity index is 0.000000181. The number of hydrogen-bond acceptors (Lipinski definition) is 0. The molecular weight excluding hydrogens is 242 g/mol. The fraction of sp³-hybridized carbons (Fsp3) is 0.200. The maximum Gasteiger partial charge on any atom is -0.0175 e. The quantitative estimate of drug-likeness (QED) is 0.654. The minimum atomic E-state index is 1.28. The summed E-state index contributed by atoms with van der Waals surface area (Å²) in [7, 11) is 2.64. The molecule has 17 heavy (non-hydrogen) atoms. The molecule has 0 bridgehead atoms. The number of benzene rings is 2. The molecule has 1 fully saturated rings. The molecule has 1 aliphatic heterocycles. The molecule has 0 radical (unpaired) electrons. The molecule has 2 aromatic carbocycles.